The highest BCUT2D eigenvalue weighted by Crippen LogP contribution is 2.54. The molecular weight excluding hydrogens is 202 g/mol. The van der Waals surface area contributed by atoms with Crippen LogP contribution < -0.4 is 0 Å². The number of nitrogens with zero attached hydrogens (tertiary/aromatic N) is 1. The van der Waals surface area contributed by atoms with Crippen molar-refractivity contribution in [3.8, 4) is 0 Å². The number of carbonyl (C=O) groups excluding carboxylic acids is 2. The standard InChI is InChI=1S/C13H15NO2/c1-3-4-14-12(15)10-8-5-7(2)9(6-8)11(10)13(14)16/h3,7,9,11H,1,4-6H2,2H3. The van der Waals surface area contributed by atoms with Crippen molar-refractivity contribution < 1.29 is 9.59 Å². The first kappa shape index (κ1) is 9.82. The van der Waals surface area contributed by atoms with Gasteiger partial charge in [0, 0.05) is 12.1 Å². The van der Waals surface area contributed by atoms with Gasteiger partial charge in [-0.1, -0.05) is 18.6 Å². The highest BCUT2D eigenvalue weighted by molar-refractivity contribution is 6.16. The van der Waals surface area contributed by atoms with E-state index in [0.29, 0.717) is 18.4 Å². The molecule has 1 saturated heterocycles. The Morgan fingerprint density at radius 1 is 1.44 bits per heavy atom. The molecule has 3 nitrogen and oxygen atoms in total. The lowest BCUT2D eigenvalue weighted by Crippen LogP contribution is -2.32. The molecule has 16 heavy (non-hydrogen) atoms. The van der Waals surface area contributed by atoms with Crippen LogP contribution in [0.15, 0.2) is 23.8 Å². The molecule has 1 aliphatic heterocycles. The summed E-state index contributed by atoms with van der Waals surface area (Å²) in [5.41, 5.74) is 2.07. The third-order valence-corrected chi connectivity index (χ3v) is 4.22. The first-order valence-electron chi connectivity index (χ1n) is 5.83. The first-order valence-corrected chi connectivity index (χ1v) is 5.83. The minimum atomic E-state index is -0.119. The maximum absolute atomic E-state index is 12.1. The predicted octanol–water partition coefficient (Wildman–Crippen LogP) is 1.51. The molecule has 2 bridgehead atoms. The predicted molar refractivity (Wildman–Crippen MR) is 59.3 cm³/mol. The molecule has 0 aromatic carbocycles. The molecule has 3 atom stereocenters. The quantitative estimate of drug-likeness (QED) is 0.519. The van der Waals surface area contributed by atoms with Gasteiger partial charge in [0.25, 0.3) is 5.91 Å². The average Bonchev–Trinajstić information content (AvgIpc) is 2.85. The molecule has 0 spiro atoms. The molecule has 0 aromatic rings. The summed E-state index contributed by atoms with van der Waals surface area (Å²) in [4.78, 5) is 25.6. The number of rotatable bonds is 2. The van der Waals surface area contributed by atoms with Crippen LogP contribution in [0.1, 0.15) is 19.8 Å². The van der Waals surface area contributed by atoms with E-state index in [1.54, 1.807) is 6.08 Å². The van der Waals surface area contributed by atoms with Crippen molar-refractivity contribution in [3.05, 3.63) is 23.8 Å². The molecule has 0 N–H and O–H groups in total. The van der Waals surface area contributed by atoms with Gasteiger partial charge in [0.2, 0.25) is 5.91 Å². The molecule has 1 saturated carbocycles. The van der Waals surface area contributed by atoms with E-state index in [-0.39, 0.29) is 17.7 Å². The summed E-state index contributed by atoms with van der Waals surface area (Å²) in [5, 5.41) is 0. The zero-order valence-electron chi connectivity index (χ0n) is 9.40. The van der Waals surface area contributed by atoms with Gasteiger partial charge in [-0.05, 0) is 24.7 Å². The number of carbonyl (C=O) groups is 2. The molecule has 84 valence electrons. The lowest BCUT2D eigenvalue weighted by atomic mass is 9.81. The van der Waals surface area contributed by atoms with Crippen LogP contribution >= 0.6 is 0 Å². The lowest BCUT2D eigenvalue weighted by molar-refractivity contribution is -0.139. The van der Waals surface area contributed by atoms with E-state index in [2.05, 4.69) is 13.5 Å². The SMILES string of the molecule is C=CCN1C(=O)C2=C3CC(C)C(C3)C2C1=O. The van der Waals surface area contributed by atoms with Gasteiger partial charge < -0.3 is 0 Å². The van der Waals surface area contributed by atoms with Gasteiger partial charge >= 0.3 is 0 Å². The molecule has 2 fully saturated rings. The second-order valence-electron chi connectivity index (χ2n) is 5.09. The van der Waals surface area contributed by atoms with Crippen LogP contribution in [-0.2, 0) is 9.59 Å². The highest BCUT2D eigenvalue weighted by Gasteiger charge is 2.55. The fraction of sp³-hybridized carbons (Fsp3) is 0.538. The van der Waals surface area contributed by atoms with E-state index >= 15 is 0 Å². The number of amides is 2. The van der Waals surface area contributed by atoms with E-state index in [9.17, 15) is 9.59 Å². The minimum absolute atomic E-state index is 0.00597. The number of imide groups is 1. The van der Waals surface area contributed by atoms with Gasteiger partial charge in [0.1, 0.15) is 0 Å². The molecule has 2 amide bonds. The fourth-order valence-corrected chi connectivity index (χ4v) is 3.52. The van der Waals surface area contributed by atoms with Gasteiger partial charge in [0.05, 0.1) is 5.92 Å². The number of hydrogen-bond donors (Lipinski definition) is 0. The van der Waals surface area contributed by atoms with E-state index in [1.807, 2.05) is 0 Å². The van der Waals surface area contributed by atoms with Crippen LogP contribution in [0.3, 0.4) is 0 Å². The number of likely N-dealkylation sites (tertiary alicyclic amines) is 1. The van der Waals surface area contributed by atoms with Crippen molar-refractivity contribution in [3.63, 3.8) is 0 Å². The lowest BCUT2D eigenvalue weighted by Gasteiger charge is -2.21. The Morgan fingerprint density at radius 3 is 2.88 bits per heavy atom. The van der Waals surface area contributed by atoms with E-state index in [4.69, 9.17) is 0 Å². The van der Waals surface area contributed by atoms with Crippen molar-refractivity contribution in [2.75, 3.05) is 6.54 Å². The third kappa shape index (κ3) is 0.984. The van der Waals surface area contributed by atoms with E-state index in [0.717, 1.165) is 18.4 Å². The smallest absolute Gasteiger partial charge is 0.257 e. The summed E-state index contributed by atoms with van der Waals surface area (Å²) in [7, 11) is 0. The van der Waals surface area contributed by atoms with Gasteiger partial charge in [-0.3, -0.25) is 14.5 Å². The maximum Gasteiger partial charge on any atom is 0.257 e. The van der Waals surface area contributed by atoms with Crippen LogP contribution in [0, 0.1) is 17.8 Å². The zero-order chi connectivity index (χ0) is 11.4. The minimum Gasteiger partial charge on any atom is -0.274 e. The second kappa shape index (κ2) is 3.06. The van der Waals surface area contributed by atoms with Crippen LogP contribution in [0.25, 0.3) is 0 Å². The van der Waals surface area contributed by atoms with Gasteiger partial charge in [-0.15, -0.1) is 6.58 Å². The Morgan fingerprint density at radius 2 is 2.19 bits per heavy atom. The molecular formula is C13H15NO2. The number of fused-ring (bicyclic) bond motifs is 4. The molecule has 0 radical (unpaired) electrons. The molecule has 1 heterocycles. The van der Waals surface area contributed by atoms with E-state index in [1.165, 1.54) is 10.5 Å². The normalized spacial score (nSPS) is 36.3. The summed E-state index contributed by atoms with van der Waals surface area (Å²) in [6.45, 7) is 6.13. The fourth-order valence-electron chi connectivity index (χ4n) is 3.52. The zero-order valence-corrected chi connectivity index (χ0v) is 9.40. The summed E-state index contributed by atoms with van der Waals surface area (Å²) < 4.78 is 0. The van der Waals surface area contributed by atoms with E-state index < -0.39 is 0 Å². The summed E-state index contributed by atoms with van der Waals surface area (Å²) in [6, 6.07) is 0. The van der Waals surface area contributed by atoms with Gasteiger partial charge in [-0.2, -0.15) is 0 Å². The third-order valence-electron chi connectivity index (χ3n) is 4.22. The molecule has 3 unspecified atom stereocenters. The molecule has 2 aliphatic carbocycles. The Bertz CT molecular complexity index is 435. The molecule has 3 heteroatoms. The summed E-state index contributed by atoms with van der Waals surface area (Å²) in [5.74, 6) is 0.775. The van der Waals surface area contributed by atoms with Crippen molar-refractivity contribution in [1.29, 1.82) is 0 Å². The Kier molecular flexibility index (Phi) is 1.88. The van der Waals surface area contributed by atoms with Gasteiger partial charge in [0.15, 0.2) is 0 Å². The van der Waals surface area contributed by atoms with Crippen LogP contribution in [-0.4, -0.2) is 23.3 Å². The van der Waals surface area contributed by atoms with Crippen molar-refractivity contribution >= 4 is 11.8 Å². The van der Waals surface area contributed by atoms with Crippen LogP contribution in [0.4, 0.5) is 0 Å². The van der Waals surface area contributed by atoms with Crippen molar-refractivity contribution in [2.24, 2.45) is 17.8 Å². The molecule has 0 aromatic heterocycles. The topological polar surface area (TPSA) is 37.4 Å². The Hall–Kier alpha value is -1.38. The Labute approximate surface area is 94.8 Å². The number of hydrogen-bond acceptors (Lipinski definition) is 2. The molecule has 3 aliphatic rings. The summed E-state index contributed by atoms with van der Waals surface area (Å²) in [6.07, 6.45) is 3.60. The monoisotopic (exact) mass is 217 g/mol. The van der Waals surface area contributed by atoms with Crippen molar-refractivity contribution in [2.45, 2.75) is 19.8 Å². The van der Waals surface area contributed by atoms with Crippen molar-refractivity contribution in [1.82, 2.24) is 4.90 Å². The number of allylic oxidation sites excluding steroid dienone is 1. The largest absolute Gasteiger partial charge is 0.274 e. The highest BCUT2D eigenvalue weighted by atomic mass is 16.2. The van der Waals surface area contributed by atoms with Crippen LogP contribution in [0.2, 0.25) is 0 Å². The average molecular weight is 217 g/mol. The first-order chi connectivity index (χ1) is 7.65. The second-order valence-corrected chi connectivity index (χ2v) is 5.09. The summed E-state index contributed by atoms with van der Waals surface area (Å²) >= 11 is 0. The Balaban J connectivity index is 2.03. The molecule has 3 rings (SSSR count). The maximum atomic E-state index is 12.1. The van der Waals surface area contributed by atoms with Gasteiger partial charge in [-0.25, -0.2) is 0 Å². The van der Waals surface area contributed by atoms with Crippen LogP contribution in [0.5, 0.6) is 0 Å².